The van der Waals surface area contributed by atoms with Gasteiger partial charge < -0.3 is 19.5 Å². The van der Waals surface area contributed by atoms with Crippen molar-refractivity contribution in [1.29, 1.82) is 0 Å². The summed E-state index contributed by atoms with van der Waals surface area (Å²) in [6, 6.07) is 13.4. The highest BCUT2D eigenvalue weighted by Crippen LogP contribution is 2.30. The molecule has 0 unspecified atom stereocenters. The number of methoxy groups -OCH3 is 1. The molecule has 24 heavy (non-hydrogen) atoms. The van der Waals surface area contributed by atoms with Gasteiger partial charge in [0.1, 0.15) is 12.4 Å². The van der Waals surface area contributed by atoms with Gasteiger partial charge in [0.25, 0.3) is 5.91 Å². The molecule has 0 aromatic heterocycles. The number of carbonyl (C=O) groups is 1. The van der Waals surface area contributed by atoms with E-state index in [2.05, 4.69) is 11.4 Å². The SMILES string of the molecule is COc1ccc(C)cc1CCNC(=O)[C@H]1COc2ccccc2O1. The van der Waals surface area contributed by atoms with Crippen LogP contribution in [0.5, 0.6) is 17.2 Å². The molecule has 3 rings (SSSR count). The van der Waals surface area contributed by atoms with E-state index in [-0.39, 0.29) is 12.5 Å². The van der Waals surface area contributed by atoms with Gasteiger partial charge in [0.15, 0.2) is 11.5 Å². The second kappa shape index (κ2) is 7.25. The summed E-state index contributed by atoms with van der Waals surface area (Å²) >= 11 is 0. The summed E-state index contributed by atoms with van der Waals surface area (Å²) in [4.78, 5) is 12.3. The van der Waals surface area contributed by atoms with Crippen molar-refractivity contribution in [1.82, 2.24) is 5.32 Å². The van der Waals surface area contributed by atoms with Crippen molar-refractivity contribution < 1.29 is 19.0 Å². The molecular formula is C19H21NO4. The summed E-state index contributed by atoms with van der Waals surface area (Å²) < 4.78 is 16.6. The van der Waals surface area contributed by atoms with E-state index >= 15 is 0 Å². The molecule has 0 bridgehead atoms. The number of nitrogens with one attached hydrogen (secondary N) is 1. The van der Waals surface area contributed by atoms with E-state index in [4.69, 9.17) is 14.2 Å². The van der Waals surface area contributed by atoms with E-state index in [1.54, 1.807) is 13.2 Å². The minimum absolute atomic E-state index is 0.170. The molecule has 5 nitrogen and oxygen atoms in total. The van der Waals surface area contributed by atoms with Gasteiger partial charge in [-0.2, -0.15) is 0 Å². The van der Waals surface area contributed by atoms with Crippen molar-refractivity contribution in [3.8, 4) is 17.2 Å². The molecule has 2 aromatic carbocycles. The van der Waals surface area contributed by atoms with Crippen LogP contribution in [0.2, 0.25) is 0 Å². The van der Waals surface area contributed by atoms with Crippen LogP contribution in [0.1, 0.15) is 11.1 Å². The van der Waals surface area contributed by atoms with E-state index in [0.717, 1.165) is 16.9 Å². The number of hydrogen-bond acceptors (Lipinski definition) is 4. The highest BCUT2D eigenvalue weighted by atomic mass is 16.6. The van der Waals surface area contributed by atoms with Crippen molar-refractivity contribution >= 4 is 5.91 Å². The largest absolute Gasteiger partial charge is 0.496 e. The van der Waals surface area contributed by atoms with Crippen LogP contribution in [0, 0.1) is 6.92 Å². The van der Waals surface area contributed by atoms with Crippen LogP contribution in [0.25, 0.3) is 0 Å². The molecule has 2 aromatic rings. The van der Waals surface area contributed by atoms with E-state index in [1.165, 1.54) is 0 Å². The Hall–Kier alpha value is -2.69. The third kappa shape index (κ3) is 3.62. The summed E-state index contributed by atoms with van der Waals surface area (Å²) in [5, 5.41) is 2.90. The number of amides is 1. The minimum Gasteiger partial charge on any atom is -0.496 e. The van der Waals surface area contributed by atoms with Crippen LogP contribution in [-0.2, 0) is 11.2 Å². The highest BCUT2D eigenvalue weighted by molar-refractivity contribution is 5.81. The molecule has 1 heterocycles. The van der Waals surface area contributed by atoms with Gasteiger partial charge in [-0.05, 0) is 37.1 Å². The second-order valence-electron chi connectivity index (χ2n) is 5.72. The molecule has 0 saturated carbocycles. The fourth-order valence-electron chi connectivity index (χ4n) is 2.69. The molecule has 0 spiro atoms. The van der Waals surface area contributed by atoms with Gasteiger partial charge in [-0.15, -0.1) is 0 Å². The fraction of sp³-hybridized carbons (Fsp3) is 0.316. The Morgan fingerprint density at radius 2 is 2.04 bits per heavy atom. The molecule has 0 radical (unpaired) electrons. The third-order valence-electron chi connectivity index (χ3n) is 3.93. The first-order chi connectivity index (χ1) is 11.7. The molecule has 0 fully saturated rings. The zero-order valence-electron chi connectivity index (χ0n) is 13.9. The summed E-state index contributed by atoms with van der Waals surface area (Å²) in [6.45, 7) is 2.77. The fourth-order valence-corrected chi connectivity index (χ4v) is 2.69. The maximum atomic E-state index is 12.3. The van der Waals surface area contributed by atoms with Crippen LogP contribution < -0.4 is 19.5 Å². The molecule has 1 atom stereocenters. The topological polar surface area (TPSA) is 56.8 Å². The first-order valence-electron chi connectivity index (χ1n) is 7.97. The normalized spacial score (nSPS) is 15.7. The number of ether oxygens (including phenoxy) is 3. The number of carbonyl (C=O) groups excluding carboxylic acids is 1. The van der Waals surface area contributed by atoms with E-state index in [1.807, 2.05) is 37.3 Å². The van der Waals surface area contributed by atoms with Crippen LogP contribution in [0.15, 0.2) is 42.5 Å². The number of hydrogen-bond donors (Lipinski definition) is 1. The van der Waals surface area contributed by atoms with Gasteiger partial charge in [0.2, 0.25) is 6.10 Å². The number of rotatable bonds is 5. The second-order valence-corrected chi connectivity index (χ2v) is 5.72. The predicted molar refractivity (Wildman–Crippen MR) is 90.8 cm³/mol. The zero-order valence-corrected chi connectivity index (χ0v) is 13.9. The van der Waals surface area contributed by atoms with Gasteiger partial charge in [0, 0.05) is 6.54 Å². The lowest BCUT2D eigenvalue weighted by Crippen LogP contribution is -2.44. The average molecular weight is 327 g/mol. The number of aryl methyl sites for hydroxylation is 1. The van der Waals surface area contributed by atoms with Crippen molar-refractivity contribution in [2.75, 3.05) is 20.3 Å². The number of fused-ring (bicyclic) bond motifs is 1. The molecule has 126 valence electrons. The monoisotopic (exact) mass is 327 g/mol. The Kier molecular flexibility index (Phi) is 4.89. The minimum atomic E-state index is -0.626. The van der Waals surface area contributed by atoms with Gasteiger partial charge in [0.05, 0.1) is 7.11 Å². The third-order valence-corrected chi connectivity index (χ3v) is 3.93. The van der Waals surface area contributed by atoms with Crippen LogP contribution in [-0.4, -0.2) is 32.3 Å². The predicted octanol–water partition coefficient (Wildman–Crippen LogP) is 2.50. The molecule has 1 aliphatic heterocycles. The van der Waals surface area contributed by atoms with Crippen molar-refractivity contribution in [2.24, 2.45) is 0 Å². The Balaban J connectivity index is 1.54. The molecule has 1 amide bonds. The average Bonchev–Trinajstić information content (AvgIpc) is 2.61. The molecule has 5 heteroatoms. The Bertz CT molecular complexity index is 729. The Labute approximate surface area is 141 Å². The van der Waals surface area contributed by atoms with E-state index < -0.39 is 6.10 Å². The van der Waals surface area contributed by atoms with Crippen LogP contribution in [0.3, 0.4) is 0 Å². The lowest BCUT2D eigenvalue weighted by Gasteiger charge is -2.25. The zero-order chi connectivity index (χ0) is 16.9. The van der Waals surface area contributed by atoms with Crippen molar-refractivity contribution in [3.05, 3.63) is 53.6 Å². The first kappa shape index (κ1) is 16.2. The molecule has 1 aliphatic rings. The highest BCUT2D eigenvalue weighted by Gasteiger charge is 2.26. The van der Waals surface area contributed by atoms with E-state index in [9.17, 15) is 4.79 Å². The lowest BCUT2D eigenvalue weighted by atomic mass is 10.1. The standard InChI is InChI=1S/C19H21NO4/c1-13-7-8-15(22-2)14(11-13)9-10-20-19(21)18-12-23-16-5-3-4-6-17(16)24-18/h3-8,11,18H,9-10,12H2,1-2H3,(H,20,21)/t18-/m1/s1. The number of para-hydroxylation sites is 2. The maximum Gasteiger partial charge on any atom is 0.264 e. The van der Waals surface area contributed by atoms with Gasteiger partial charge in [-0.1, -0.05) is 29.8 Å². The lowest BCUT2D eigenvalue weighted by molar-refractivity contribution is -0.130. The number of benzene rings is 2. The van der Waals surface area contributed by atoms with Crippen LogP contribution in [0.4, 0.5) is 0 Å². The smallest absolute Gasteiger partial charge is 0.264 e. The summed E-state index contributed by atoms with van der Waals surface area (Å²) in [6.07, 6.45) is 0.0696. The van der Waals surface area contributed by atoms with Gasteiger partial charge in [-0.25, -0.2) is 0 Å². The molecule has 0 aliphatic carbocycles. The molecular weight excluding hydrogens is 306 g/mol. The summed E-state index contributed by atoms with van der Waals surface area (Å²) in [7, 11) is 1.65. The van der Waals surface area contributed by atoms with Crippen molar-refractivity contribution in [2.45, 2.75) is 19.4 Å². The molecule has 0 saturated heterocycles. The van der Waals surface area contributed by atoms with Gasteiger partial charge >= 0.3 is 0 Å². The maximum absolute atomic E-state index is 12.3. The quantitative estimate of drug-likeness (QED) is 0.917. The summed E-state index contributed by atoms with van der Waals surface area (Å²) in [5.41, 5.74) is 2.24. The first-order valence-corrected chi connectivity index (χ1v) is 7.97. The van der Waals surface area contributed by atoms with Gasteiger partial charge in [-0.3, -0.25) is 4.79 Å². The molecule has 1 N–H and O–H groups in total. The Morgan fingerprint density at radius 1 is 1.25 bits per heavy atom. The summed E-state index contributed by atoms with van der Waals surface area (Å²) in [5.74, 6) is 1.94. The Morgan fingerprint density at radius 3 is 2.83 bits per heavy atom. The van der Waals surface area contributed by atoms with Crippen LogP contribution >= 0.6 is 0 Å². The van der Waals surface area contributed by atoms with E-state index in [0.29, 0.717) is 24.5 Å². The van der Waals surface area contributed by atoms with Crippen molar-refractivity contribution in [3.63, 3.8) is 0 Å².